The summed E-state index contributed by atoms with van der Waals surface area (Å²) in [5, 5.41) is 9.58. The number of carbonyl (C=O) groups is 1. The van der Waals surface area contributed by atoms with Crippen molar-refractivity contribution < 1.29 is 19.0 Å². The molecule has 0 saturated carbocycles. The second-order valence-electron chi connectivity index (χ2n) is 12.6. The van der Waals surface area contributed by atoms with Gasteiger partial charge in [0.25, 0.3) is 11.1 Å². The fourth-order valence-electron chi connectivity index (χ4n) is 6.66. The molecule has 11 nitrogen and oxygen atoms in total. The number of hydrogen-bond acceptors (Lipinski definition) is 7. The number of benzene rings is 2. The number of carbonyl (C=O) groups excluding carboxylic acids is 1. The molecule has 1 N–H and O–H groups in total. The monoisotopic (exact) mass is 741 g/mol. The normalized spacial score (nSPS) is 18.2. The van der Waals surface area contributed by atoms with E-state index in [9.17, 15) is 4.79 Å². The van der Waals surface area contributed by atoms with Crippen molar-refractivity contribution in [3.05, 3.63) is 91.1 Å². The highest BCUT2D eigenvalue weighted by Crippen LogP contribution is 2.41. The minimum atomic E-state index is -0.691. The topological polar surface area (TPSA) is 89.8 Å². The van der Waals surface area contributed by atoms with Crippen LogP contribution >= 0.6 is 34.8 Å². The van der Waals surface area contributed by atoms with Gasteiger partial charge in [-0.05, 0) is 43.3 Å². The molecule has 266 valence electrons. The van der Waals surface area contributed by atoms with Crippen molar-refractivity contribution in [3.63, 3.8) is 0 Å². The number of hydrogen-bond donors (Lipinski definition) is 1. The number of ether oxygens (including phenoxy) is 3. The molecule has 0 unspecified atom stereocenters. The Morgan fingerprint density at radius 1 is 0.880 bits per heavy atom. The zero-order chi connectivity index (χ0) is 35.9. The summed E-state index contributed by atoms with van der Waals surface area (Å²) < 4.78 is 17.6. The molecule has 50 heavy (non-hydrogen) atoms. The van der Waals surface area contributed by atoms with Gasteiger partial charge in [0.1, 0.15) is 23.1 Å². The van der Waals surface area contributed by atoms with Crippen LogP contribution in [0.4, 0.5) is 5.82 Å². The molecule has 1 amide bonds. The molecule has 0 radical (unpaired) electrons. The molecule has 6 rings (SSSR count). The van der Waals surface area contributed by atoms with Crippen LogP contribution in [0.3, 0.4) is 0 Å². The summed E-state index contributed by atoms with van der Waals surface area (Å²) in [7, 11) is 3.16. The molecule has 0 spiro atoms. The lowest BCUT2D eigenvalue weighted by Crippen LogP contribution is -2.45. The van der Waals surface area contributed by atoms with Crippen LogP contribution in [0.1, 0.15) is 42.5 Å². The second kappa shape index (κ2) is 16.5. The standard InChI is InChI=1S/C23H27Cl2N5O3.C13H15ClN2O/c1-16-21(25)22(29-10-12-33-13-11-29)27-30(16)15-20(31)28-8-6-23(26-2,7-9-28)17-4-5-18(24)19(14-17)32-3;1-15-13(5-7-16-8-6-13)10-3-4-11(14)12(9-10)17-2/h4-5,14H,6-13,15H2,1,3H3;3-4,9,16H,5-8H2,2H3. The second-order valence-corrected chi connectivity index (χ2v) is 13.8. The van der Waals surface area contributed by atoms with Crippen LogP contribution in [0.15, 0.2) is 36.4 Å². The molecule has 3 aromatic rings. The summed E-state index contributed by atoms with van der Waals surface area (Å²) in [6, 6.07) is 11.1. The summed E-state index contributed by atoms with van der Waals surface area (Å²) >= 11 is 18.7. The zero-order valence-corrected chi connectivity index (χ0v) is 30.9. The Hall–Kier alpha value is -3.71. The lowest BCUT2D eigenvalue weighted by atomic mass is 9.81. The Bertz CT molecular complexity index is 1750. The number of morpholine rings is 1. The smallest absolute Gasteiger partial charge is 0.261 e. The van der Waals surface area contributed by atoms with E-state index in [1.165, 1.54) is 0 Å². The van der Waals surface area contributed by atoms with Crippen LogP contribution < -0.4 is 19.7 Å². The summed E-state index contributed by atoms with van der Waals surface area (Å²) in [5.41, 5.74) is 1.55. The number of amides is 1. The molecule has 3 saturated heterocycles. The van der Waals surface area contributed by atoms with Crippen molar-refractivity contribution in [3.8, 4) is 11.5 Å². The van der Waals surface area contributed by atoms with E-state index in [0.717, 1.165) is 55.8 Å². The van der Waals surface area contributed by atoms with Crippen molar-refractivity contribution in [1.29, 1.82) is 0 Å². The average Bonchev–Trinajstić information content (AvgIpc) is 3.44. The van der Waals surface area contributed by atoms with Gasteiger partial charge in [-0.3, -0.25) is 9.48 Å². The highest BCUT2D eigenvalue weighted by molar-refractivity contribution is 6.33. The SMILES string of the molecule is [C-]#[N+]C1(c2ccc(Cl)c(OC)c2)CCN(C(=O)Cn2nc(N3CCOCC3)c(Cl)c2C)CC1.[C-]#[N+]C1(c2ccc(Cl)c(OC)c2)CCNCC1. The maximum Gasteiger partial charge on any atom is 0.261 e. The first kappa shape index (κ1) is 37.5. The third kappa shape index (κ3) is 7.93. The first-order chi connectivity index (χ1) is 24.1. The quantitative estimate of drug-likeness (QED) is 0.272. The van der Waals surface area contributed by atoms with E-state index in [1.807, 2.05) is 37.3 Å². The number of methoxy groups -OCH3 is 2. The van der Waals surface area contributed by atoms with Crippen LogP contribution in [0, 0.1) is 20.1 Å². The Kier molecular flexibility index (Phi) is 12.4. The summed E-state index contributed by atoms with van der Waals surface area (Å²) in [5.74, 6) is 1.87. The third-order valence-corrected chi connectivity index (χ3v) is 11.0. The van der Waals surface area contributed by atoms with Gasteiger partial charge >= 0.3 is 0 Å². The van der Waals surface area contributed by atoms with Gasteiger partial charge in [0.05, 0.1) is 43.2 Å². The summed E-state index contributed by atoms with van der Waals surface area (Å²) in [6.45, 7) is 22.8. The maximum atomic E-state index is 13.1. The number of likely N-dealkylation sites (tertiary alicyclic amines) is 1. The molecule has 3 aliphatic heterocycles. The number of rotatable bonds is 7. The minimum absolute atomic E-state index is 0.0296. The molecular weight excluding hydrogens is 701 g/mol. The van der Waals surface area contributed by atoms with Crippen LogP contribution in [0.25, 0.3) is 9.69 Å². The first-order valence-electron chi connectivity index (χ1n) is 16.6. The van der Waals surface area contributed by atoms with Gasteiger partial charge in [0.15, 0.2) is 5.82 Å². The number of nitrogens with zero attached hydrogens (tertiary/aromatic N) is 6. The van der Waals surface area contributed by atoms with Crippen LogP contribution in [-0.4, -0.2) is 87.3 Å². The van der Waals surface area contributed by atoms with Gasteiger partial charge in [-0.15, -0.1) is 0 Å². The van der Waals surface area contributed by atoms with Gasteiger partial charge in [0, 0.05) is 76.1 Å². The Labute approximate surface area is 308 Å². The molecule has 3 fully saturated rings. The first-order valence-corrected chi connectivity index (χ1v) is 17.7. The number of piperidine rings is 2. The highest BCUT2D eigenvalue weighted by atomic mass is 35.5. The predicted octanol–water partition coefficient (Wildman–Crippen LogP) is 6.63. The van der Waals surface area contributed by atoms with Gasteiger partial charge in [-0.1, -0.05) is 34.8 Å². The van der Waals surface area contributed by atoms with E-state index in [0.29, 0.717) is 71.5 Å². The van der Waals surface area contributed by atoms with Crippen molar-refractivity contribution in [1.82, 2.24) is 20.0 Å². The molecule has 0 aliphatic carbocycles. The van der Waals surface area contributed by atoms with Crippen molar-refractivity contribution in [2.24, 2.45) is 0 Å². The molecule has 4 heterocycles. The number of halogens is 3. The largest absolute Gasteiger partial charge is 0.495 e. The maximum absolute atomic E-state index is 13.1. The van der Waals surface area contributed by atoms with E-state index in [-0.39, 0.29) is 12.5 Å². The fourth-order valence-corrected chi connectivity index (χ4v) is 7.31. The molecule has 2 aromatic carbocycles. The van der Waals surface area contributed by atoms with E-state index < -0.39 is 11.1 Å². The van der Waals surface area contributed by atoms with E-state index in [1.54, 1.807) is 29.9 Å². The van der Waals surface area contributed by atoms with Crippen molar-refractivity contribution >= 4 is 46.5 Å². The Morgan fingerprint density at radius 2 is 1.40 bits per heavy atom. The number of nitrogens with one attached hydrogen (secondary N) is 1. The summed E-state index contributed by atoms with van der Waals surface area (Å²) in [4.78, 5) is 24.8. The molecule has 0 bridgehead atoms. The fraction of sp³-hybridized carbons (Fsp3) is 0.500. The van der Waals surface area contributed by atoms with Crippen LogP contribution in [0.2, 0.25) is 15.1 Å². The Morgan fingerprint density at radius 3 is 1.90 bits per heavy atom. The van der Waals surface area contributed by atoms with Gasteiger partial charge < -0.3 is 39.0 Å². The van der Waals surface area contributed by atoms with Crippen molar-refractivity contribution in [2.45, 2.75) is 50.2 Å². The number of aromatic nitrogens is 2. The Balaban J connectivity index is 0.000000240. The third-order valence-electron chi connectivity index (χ3n) is 9.89. The van der Waals surface area contributed by atoms with Gasteiger partial charge in [-0.2, -0.15) is 5.10 Å². The van der Waals surface area contributed by atoms with Gasteiger partial charge in [-0.25, -0.2) is 13.1 Å². The molecule has 0 atom stereocenters. The zero-order valence-electron chi connectivity index (χ0n) is 28.6. The molecule has 14 heteroatoms. The lowest BCUT2D eigenvalue weighted by molar-refractivity contribution is -0.133. The van der Waals surface area contributed by atoms with Crippen LogP contribution in [-0.2, 0) is 27.2 Å². The van der Waals surface area contributed by atoms with Gasteiger partial charge in [0.2, 0.25) is 5.91 Å². The number of anilines is 1. The summed E-state index contributed by atoms with van der Waals surface area (Å²) in [6.07, 6.45) is 2.76. The van der Waals surface area contributed by atoms with Crippen molar-refractivity contribution in [2.75, 3.05) is 71.6 Å². The minimum Gasteiger partial charge on any atom is -0.495 e. The average molecular weight is 743 g/mol. The lowest BCUT2D eigenvalue weighted by Gasteiger charge is -2.34. The molecular formula is C36H42Cl3N7O4. The molecule has 1 aromatic heterocycles. The van der Waals surface area contributed by atoms with Crippen LogP contribution in [0.5, 0.6) is 11.5 Å². The highest BCUT2D eigenvalue weighted by Gasteiger charge is 2.44. The van der Waals surface area contributed by atoms with E-state index in [2.05, 4.69) is 25.0 Å². The predicted molar refractivity (Wildman–Crippen MR) is 195 cm³/mol. The van der Waals surface area contributed by atoms with E-state index >= 15 is 0 Å². The van der Waals surface area contributed by atoms with E-state index in [4.69, 9.17) is 62.2 Å². The molecule has 3 aliphatic rings.